The molecular weight excluding hydrogens is 326 g/mol. The summed E-state index contributed by atoms with van der Waals surface area (Å²) in [6.45, 7) is 2.11. The highest BCUT2D eigenvalue weighted by Crippen LogP contribution is 2.24. The highest BCUT2D eigenvalue weighted by Gasteiger charge is 2.19. The molecule has 1 aromatic heterocycles. The Balaban J connectivity index is 2.02. The normalized spacial score (nSPS) is 10.4. The Kier molecular flexibility index (Phi) is 6.05. The number of carbonyl (C=O) groups is 2. The number of nitrogens with one attached hydrogen (secondary N) is 1. The smallest absolute Gasteiger partial charge is 0.339 e. The molecule has 0 atom stereocenters. The van der Waals surface area contributed by atoms with E-state index in [0.29, 0.717) is 30.9 Å². The maximum atomic E-state index is 12.2. The van der Waals surface area contributed by atoms with Crippen LogP contribution in [0.5, 0.6) is 11.5 Å². The zero-order chi connectivity index (χ0) is 18.4. The van der Waals surface area contributed by atoms with E-state index in [1.54, 1.807) is 33.3 Å². The summed E-state index contributed by atoms with van der Waals surface area (Å²) in [7, 11) is 3.15. The first kappa shape index (κ1) is 18.4. The highest BCUT2D eigenvalue weighted by atomic mass is 16.5. The minimum atomic E-state index is -1.11. The predicted octanol–water partition coefficient (Wildman–Crippen LogP) is 2.53. The molecule has 2 aromatic rings. The second-order valence-corrected chi connectivity index (χ2v) is 5.29. The Bertz CT molecular complexity index is 765. The topological polar surface area (TPSA) is 98.0 Å². The van der Waals surface area contributed by atoms with Gasteiger partial charge in [-0.3, -0.25) is 4.79 Å². The number of ether oxygens (including phenoxy) is 2. The molecular formula is C18H21NO6. The van der Waals surface area contributed by atoms with Crippen molar-refractivity contribution < 1.29 is 28.6 Å². The van der Waals surface area contributed by atoms with E-state index in [1.807, 2.05) is 6.07 Å². The van der Waals surface area contributed by atoms with Gasteiger partial charge in [-0.25, -0.2) is 4.79 Å². The predicted molar refractivity (Wildman–Crippen MR) is 90.6 cm³/mol. The van der Waals surface area contributed by atoms with Crippen LogP contribution in [0, 0.1) is 0 Å². The molecule has 1 amide bonds. The molecule has 7 nitrogen and oxygen atoms in total. The van der Waals surface area contributed by atoms with Gasteiger partial charge in [-0.15, -0.1) is 0 Å². The van der Waals surface area contributed by atoms with Gasteiger partial charge in [0.25, 0.3) is 5.91 Å². The van der Waals surface area contributed by atoms with Gasteiger partial charge >= 0.3 is 5.97 Å². The van der Waals surface area contributed by atoms with Crippen LogP contribution < -0.4 is 14.8 Å². The molecule has 0 saturated heterocycles. The number of carboxylic acids is 1. The van der Waals surface area contributed by atoms with E-state index >= 15 is 0 Å². The second kappa shape index (κ2) is 8.23. The van der Waals surface area contributed by atoms with Crippen molar-refractivity contribution in [1.29, 1.82) is 0 Å². The van der Waals surface area contributed by atoms with Crippen LogP contribution >= 0.6 is 0 Å². The average Bonchev–Trinajstić information content (AvgIpc) is 3.06. The molecule has 0 aliphatic rings. The third kappa shape index (κ3) is 4.32. The number of methoxy groups -OCH3 is 2. The van der Waals surface area contributed by atoms with E-state index in [1.165, 1.54) is 6.07 Å². The lowest BCUT2D eigenvalue weighted by Crippen LogP contribution is -2.25. The lowest BCUT2D eigenvalue weighted by Gasteiger charge is -2.10. The fourth-order valence-corrected chi connectivity index (χ4v) is 2.46. The van der Waals surface area contributed by atoms with E-state index in [0.717, 1.165) is 5.56 Å². The van der Waals surface area contributed by atoms with Crippen LogP contribution in [0.2, 0.25) is 0 Å². The maximum Gasteiger partial charge on any atom is 0.339 e. The number of aryl methyl sites for hydroxylation is 1. The van der Waals surface area contributed by atoms with E-state index in [4.69, 9.17) is 19.0 Å². The standard InChI is InChI=1S/C18H21NO6/c1-4-14-13(18(21)22)10-16(25-14)17(20)19-8-7-11-9-12(23-2)5-6-15(11)24-3/h5-6,9-10H,4,7-8H2,1-3H3,(H,19,20)(H,21,22). The number of hydrogen-bond donors (Lipinski definition) is 2. The van der Waals surface area contributed by atoms with Crippen molar-refractivity contribution in [1.82, 2.24) is 5.32 Å². The van der Waals surface area contributed by atoms with E-state index < -0.39 is 11.9 Å². The Morgan fingerprint density at radius 1 is 1.20 bits per heavy atom. The van der Waals surface area contributed by atoms with Gasteiger partial charge in [0, 0.05) is 19.0 Å². The third-order valence-electron chi connectivity index (χ3n) is 3.75. The summed E-state index contributed by atoms with van der Waals surface area (Å²) >= 11 is 0. The first-order chi connectivity index (χ1) is 12.0. The largest absolute Gasteiger partial charge is 0.497 e. The highest BCUT2D eigenvalue weighted by molar-refractivity contribution is 5.96. The van der Waals surface area contributed by atoms with Crippen molar-refractivity contribution in [2.45, 2.75) is 19.8 Å². The number of benzene rings is 1. The Morgan fingerprint density at radius 2 is 1.96 bits per heavy atom. The third-order valence-corrected chi connectivity index (χ3v) is 3.75. The van der Waals surface area contributed by atoms with Crippen molar-refractivity contribution >= 4 is 11.9 Å². The summed E-state index contributed by atoms with van der Waals surface area (Å²) in [6, 6.07) is 6.69. The minimum Gasteiger partial charge on any atom is -0.497 e. The van der Waals surface area contributed by atoms with Crippen LogP contribution in [0.25, 0.3) is 0 Å². The fourth-order valence-electron chi connectivity index (χ4n) is 2.46. The molecule has 0 unspecified atom stereocenters. The lowest BCUT2D eigenvalue weighted by molar-refractivity contribution is 0.0694. The van der Waals surface area contributed by atoms with Crippen LogP contribution in [-0.4, -0.2) is 37.7 Å². The van der Waals surface area contributed by atoms with Crippen LogP contribution in [-0.2, 0) is 12.8 Å². The molecule has 0 saturated carbocycles. The maximum absolute atomic E-state index is 12.2. The average molecular weight is 347 g/mol. The van der Waals surface area contributed by atoms with Crippen LogP contribution in [0.3, 0.4) is 0 Å². The number of carboxylic acid groups (broad SMARTS) is 1. The van der Waals surface area contributed by atoms with Gasteiger partial charge in [-0.05, 0) is 30.2 Å². The van der Waals surface area contributed by atoms with Crippen molar-refractivity contribution in [2.75, 3.05) is 20.8 Å². The van der Waals surface area contributed by atoms with Gasteiger partial charge < -0.3 is 24.3 Å². The number of carbonyl (C=O) groups excluding carboxylic acids is 1. The fraction of sp³-hybridized carbons (Fsp3) is 0.333. The van der Waals surface area contributed by atoms with Crippen LogP contribution in [0.15, 0.2) is 28.7 Å². The SMILES string of the molecule is CCc1oc(C(=O)NCCc2cc(OC)ccc2OC)cc1C(=O)O. The van der Waals surface area contributed by atoms with Crippen molar-refractivity contribution in [2.24, 2.45) is 0 Å². The Labute approximate surface area is 145 Å². The van der Waals surface area contributed by atoms with Crippen molar-refractivity contribution in [3.63, 3.8) is 0 Å². The minimum absolute atomic E-state index is 0.00754. The number of hydrogen-bond acceptors (Lipinski definition) is 5. The molecule has 0 aliphatic carbocycles. The molecule has 0 spiro atoms. The van der Waals surface area contributed by atoms with Crippen molar-refractivity contribution in [3.8, 4) is 11.5 Å². The Hall–Kier alpha value is -2.96. The van der Waals surface area contributed by atoms with Gasteiger partial charge in [0.2, 0.25) is 0 Å². The molecule has 0 fully saturated rings. The first-order valence-corrected chi connectivity index (χ1v) is 7.85. The lowest BCUT2D eigenvalue weighted by atomic mass is 10.1. The number of furan rings is 1. The summed E-state index contributed by atoms with van der Waals surface area (Å²) in [5.74, 6) is 0.116. The summed E-state index contributed by atoms with van der Waals surface area (Å²) in [4.78, 5) is 23.3. The molecule has 25 heavy (non-hydrogen) atoms. The van der Waals surface area contributed by atoms with Crippen LogP contribution in [0.1, 0.15) is 39.2 Å². The quantitative estimate of drug-likeness (QED) is 0.761. The molecule has 134 valence electrons. The molecule has 2 N–H and O–H groups in total. The molecule has 1 aromatic carbocycles. The number of amides is 1. The van der Waals surface area contributed by atoms with Crippen LogP contribution in [0.4, 0.5) is 0 Å². The van der Waals surface area contributed by atoms with Gasteiger partial charge in [-0.1, -0.05) is 6.92 Å². The second-order valence-electron chi connectivity index (χ2n) is 5.29. The van der Waals surface area contributed by atoms with E-state index in [2.05, 4.69) is 5.32 Å². The van der Waals surface area contributed by atoms with Crippen molar-refractivity contribution in [3.05, 3.63) is 46.9 Å². The molecule has 0 aliphatic heterocycles. The summed E-state index contributed by atoms with van der Waals surface area (Å²) in [6.07, 6.45) is 0.926. The first-order valence-electron chi connectivity index (χ1n) is 7.85. The van der Waals surface area contributed by atoms with E-state index in [9.17, 15) is 9.59 Å². The van der Waals surface area contributed by atoms with Gasteiger partial charge in [0.1, 0.15) is 22.8 Å². The van der Waals surface area contributed by atoms with Gasteiger partial charge in [0.05, 0.1) is 14.2 Å². The van der Waals surface area contributed by atoms with Gasteiger partial charge in [-0.2, -0.15) is 0 Å². The Morgan fingerprint density at radius 3 is 2.52 bits per heavy atom. The number of rotatable bonds is 8. The summed E-state index contributed by atoms with van der Waals surface area (Å²) in [5, 5.41) is 11.8. The molecule has 1 heterocycles. The summed E-state index contributed by atoms with van der Waals surface area (Å²) in [5.41, 5.74) is 0.907. The zero-order valence-electron chi connectivity index (χ0n) is 14.4. The van der Waals surface area contributed by atoms with E-state index in [-0.39, 0.29) is 17.1 Å². The molecule has 0 bridgehead atoms. The monoisotopic (exact) mass is 347 g/mol. The molecule has 7 heteroatoms. The molecule has 0 radical (unpaired) electrons. The summed E-state index contributed by atoms with van der Waals surface area (Å²) < 4.78 is 15.8. The zero-order valence-corrected chi connectivity index (χ0v) is 14.4. The number of aromatic carboxylic acids is 1. The molecule has 2 rings (SSSR count). The van der Waals surface area contributed by atoms with Gasteiger partial charge in [0.15, 0.2) is 5.76 Å².